The number of ether oxygens (including phenoxy) is 2. The fourth-order valence-corrected chi connectivity index (χ4v) is 3.60. The van der Waals surface area contributed by atoms with E-state index in [-0.39, 0.29) is 11.7 Å². The first kappa shape index (κ1) is 20.3. The molecule has 1 atom stereocenters. The van der Waals surface area contributed by atoms with E-state index in [9.17, 15) is 4.79 Å². The Morgan fingerprint density at radius 2 is 1.77 bits per heavy atom. The van der Waals surface area contributed by atoms with Crippen LogP contribution < -0.4 is 10.3 Å². The van der Waals surface area contributed by atoms with Crippen molar-refractivity contribution in [2.75, 3.05) is 33.4 Å². The lowest BCUT2D eigenvalue weighted by Gasteiger charge is -2.32. The highest BCUT2D eigenvalue weighted by atomic mass is 16.5. The maximum atomic E-state index is 13.3. The van der Waals surface area contributed by atoms with Gasteiger partial charge in [-0.25, -0.2) is 9.67 Å². The van der Waals surface area contributed by atoms with Gasteiger partial charge in [0.05, 0.1) is 20.3 Å². The van der Waals surface area contributed by atoms with Crippen LogP contribution in [-0.4, -0.2) is 53.1 Å². The summed E-state index contributed by atoms with van der Waals surface area (Å²) in [6.07, 6.45) is 0.275. The molecule has 1 fully saturated rings. The minimum Gasteiger partial charge on any atom is -0.497 e. The fourth-order valence-electron chi connectivity index (χ4n) is 3.60. The highest BCUT2D eigenvalue weighted by molar-refractivity contribution is 5.55. The summed E-state index contributed by atoms with van der Waals surface area (Å²) in [6, 6.07) is 17.5. The Balaban J connectivity index is 1.76. The topological polar surface area (TPSA) is 69.5 Å². The molecule has 0 aliphatic carbocycles. The van der Waals surface area contributed by atoms with Crippen molar-refractivity contribution in [3.05, 3.63) is 76.2 Å². The van der Waals surface area contributed by atoms with Crippen LogP contribution in [0.1, 0.15) is 24.3 Å². The predicted molar refractivity (Wildman–Crippen MR) is 115 cm³/mol. The average molecular weight is 406 g/mol. The number of nitrogens with zero attached hydrogens (tertiary/aromatic N) is 4. The molecule has 30 heavy (non-hydrogen) atoms. The molecule has 3 aromatic rings. The van der Waals surface area contributed by atoms with Crippen molar-refractivity contribution in [2.45, 2.75) is 19.5 Å². The number of hydrogen-bond donors (Lipinski definition) is 0. The summed E-state index contributed by atoms with van der Waals surface area (Å²) in [7, 11) is 1.63. The van der Waals surface area contributed by atoms with Crippen molar-refractivity contribution in [3.8, 4) is 17.1 Å². The van der Waals surface area contributed by atoms with Crippen molar-refractivity contribution in [1.29, 1.82) is 0 Å². The Morgan fingerprint density at radius 3 is 2.43 bits per heavy atom. The molecule has 2 aromatic carbocycles. The Bertz CT molecular complexity index is 1030. The number of methoxy groups -OCH3 is 1. The Labute approximate surface area is 175 Å². The van der Waals surface area contributed by atoms with Crippen LogP contribution in [0.2, 0.25) is 0 Å². The quantitative estimate of drug-likeness (QED) is 0.627. The summed E-state index contributed by atoms with van der Waals surface area (Å²) < 4.78 is 12.3. The van der Waals surface area contributed by atoms with Crippen molar-refractivity contribution < 1.29 is 9.47 Å². The van der Waals surface area contributed by atoms with E-state index in [2.05, 4.69) is 15.0 Å². The van der Waals surface area contributed by atoms with E-state index >= 15 is 0 Å². The third-order valence-corrected chi connectivity index (χ3v) is 5.39. The smallest absolute Gasteiger partial charge is 0.290 e. The first-order chi connectivity index (χ1) is 14.7. The Hall–Kier alpha value is -3.03. The van der Waals surface area contributed by atoms with Crippen molar-refractivity contribution in [2.24, 2.45) is 0 Å². The van der Waals surface area contributed by atoms with E-state index in [0.29, 0.717) is 31.2 Å². The molecule has 1 unspecified atom stereocenters. The third-order valence-electron chi connectivity index (χ3n) is 5.39. The summed E-state index contributed by atoms with van der Waals surface area (Å²) in [5, 5.41) is 4.65. The van der Waals surface area contributed by atoms with Gasteiger partial charge in [-0.2, -0.15) is 0 Å². The van der Waals surface area contributed by atoms with E-state index in [4.69, 9.17) is 9.47 Å². The first-order valence-electron chi connectivity index (χ1n) is 10.2. The van der Waals surface area contributed by atoms with Crippen LogP contribution in [0.5, 0.6) is 5.75 Å². The van der Waals surface area contributed by atoms with E-state index < -0.39 is 0 Å². The molecule has 0 amide bonds. The van der Waals surface area contributed by atoms with E-state index in [1.165, 1.54) is 0 Å². The average Bonchev–Trinajstić information content (AvgIpc) is 2.81. The van der Waals surface area contributed by atoms with Crippen LogP contribution in [0, 0.1) is 0 Å². The molecule has 4 rings (SSSR count). The normalized spacial score (nSPS) is 15.7. The van der Waals surface area contributed by atoms with Gasteiger partial charge in [-0.1, -0.05) is 30.3 Å². The lowest BCUT2D eigenvalue weighted by molar-refractivity contribution is -0.000958. The van der Waals surface area contributed by atoms with Gasteiger partial charge in [-0.3, -0.25) is 9.69 Å². The SMILES string of the molecule is COc1ccc(-c2nc(Cc3ccccc3)c(=O)n(C(C)N3CCOCC3)n2)cc1. The van der Waals surface area contributed by atoms with Crippen LogP contribution in [0.25, 0.3) is 11.4 Å². The van der Waals surface area contributed by atoms with Crippen molar-refractivity contribution in [3.63, 3.8) is 0 Å². The number of morpholine rings is 1. The highest BCUT2D eigenvalue weighted by Crippen LogP contribution is 2.20. The maximum Gasteiger partial charge on any atom is 0.290 e. The molecule has 1 aliphatic heterocycles. The molecule has 0 spiro atoms. The predicted octanol–water partition coefficient (Wildman–Crippen LogP) is 2.76. The lowest BCUT2D eigenvalue weighted by atomic mass is 10.1. The minimum absolute atomic E-state index is 0.157. The molecule has 1 saturated heterocycles. The first-order valence-corrected chi connectivity index (χ1v) is 10.2. The standard InChI is InChI=1S/C23H26N4O3/c1-17(26-12-14-30-15-13-26)27-23(28)21(16-18-6-4-3-5-7-18)24-22(25-27)19-8-10-20(29-2)11-9-19/h3-11,17H,12-16H2,1-2H3. The molecular weight excluding hydrogens is 380 g/mol. The van der Waals surface area contributed by atoms with Gasteiger partial charge in [-0.15, -0.1) is 5.10 Å². The zero-order chi connectivity index (χ0) is 20.9. The van der Waals surface area contributed by atoms with E-state index in [1.807, 2.05) is 61.5 Å². The van der Waals surface area contributed by atoms with Crippen molar-refractivity contribution >= 4 is 0 Å². The fraction of sp³-hybridized carbons (Fsp3) is 0.348. The van der Waals surface area contributed by atoms with E-state index in [1.54, 1.807) is 11.8 Å². The molecule has 1 aromatic heterocycles. The second-order valence-corrected chi connectivity index (χ2v) is 7.30. The number of hydrogen-bond acceptors (Lipinski definition) is 6. The zero-order valence-electron chi connectivity index (χ0n) is 17.3. The van der Waals surface area contributed by atoms with Gasteiger partial charge in [0.25, 0.3) is 5.56 Å². The number of aromatic nitrogens is 3. The highest BCUT2D eigenvalue weighted by Gasteiger charge is 2.23. The van der Waals surface area contributed by atoms with Gasteiger partial charge in [0.2, 0.25) is 0 Å². The molecule has 0 bridgehead atoms. The van der Waals surface area contributed by atoms with Gasteiger partial charge in [-0.05, 0) is 36.8 Å². The second kappa shape index (κ2) is 9.19. The molecule has 7 nitrogen and oxygen atoms in total. The monoisotopic (exact) mass is 406 g/mol. The molecule has 156 valence electrons. The van der Waals surface area contributed by atoms with Gasteiger partial charge < -0.3 is 9.47 Å². The summed E-state index contributed by atoms with van der Waals surface area (Å²) in [5.41, 5.74) is 2.21. The van der Waals surface area contributed by atoms with Crippen LogP contribution in [0.3, 0.4) is 0 Å². The van der Waals surface area contributed by atoms with Crippen LogP contribution in [-0.2, 0) is 11.2 Å². The molecular formula is C23H26N4O3. The second-order valence-electron chi connectivity index (χ2n) is 7.30. The minimum atomic E-state index is -0.184. The Kier molecular flexibility index (Phi) is 6.21. The van der Waals surface area contributed by atoms with E-state index in [0.717, 1.165) is 30.0 Å². The molecule has 7 heteroatoms. The van der Waals surface area contributed by atoms with Crippen LogP contribution in [0.4, 0.5) is 0 Å². The lowest BCUT2D eigenvalue weighted by Crippen LogP contribution is -2.44. The zero-order valence-corrected chi connectivity index (χ0v) is 17.3. The summed E-state index contributed by atoms with van der Waals surface area (Å²) in [6.45, 7) is 4.86. The summed E-state index contributed by atoms with van der Waals surface area (Å²) >= 11 is 0. The van der Waals surface area contributed by atoms with Gasteiger partial charge in [0.1, 0.15) is 17.6 Å². The van der Waals surface area contributed by atoms with Gasteiger partial charge in [0, 0.05) is 25.1 Å². The molecule has 1 aliphatic rings. The molecule has 0 radical (unpaired) electrons. The largest absolute Gasteiger partial charge is 0.497 e. The summed E-state index contributed by atoms with van der Waals surface area (Å²) in [5.74, 6) is 1.29. The number of rotatable bonds is 6. The molecule has 0 saturated carbocycles. The van der Waals surface area contributed by atoms with Crippen LogP contribution >= 0.6 is 0 Å². The third kappa shape index (κ3) is 4.42. The summed E-state index contributed by atoms with van der Waals surface area (Å²) in [4.78, 5) is 20.2. The molecule has 0 N–H and O–H groups in total. The number of benzene rings is 2. The van der Waals surface area contributed by atoms with Gasteiger partial charge in [0.15, 0.2) is 5.82 Å². The molecule has 2 heterocycles. The van der Waals surface area contributed by atoms with Crippen molar-refractivity contribution in [1.82, 2.24) is 19.7 Å². The van der Waals surface area contributed by atoms with Crippen LogP contribution in [0.15, 0.2) is 59.4 Å². The van der Waals surface area contributed by atoms with Gasteiger partial charge >= 0.3 is 0 Å². The maximum absolute atomic E-state index is 13.3. The Morgan fingerprint density at radius 1 is 1.07 bits per heavy atom.